The first-order valence-electron chi connectivity index (χ1n) is 8.90. The quantitative estimate of drug-likeness (QED) is 0.734. The molecular formula is C16H28O4Si. The highest BCUT2D eigenvalue weighted by molar-refractivity contribution is 6.53. The van der Waals surface area contributed by atoms with Crippen molar-refractivity contribution in [3.63, 3.8) is 0 Å². The zero-order chi connectivity index (χ0) is 14.1. The zero-order valence-corrected chi connectivity index (χ0v) is 13.9. The fourth-order valence-corrected chi connectivity index (χ4v) is 6.76. The summed E-state index contributed by atoms with van der Waals surface area (Å²) < 4.78 is 24.1. The summed E-state index contributed by atoms with van der Waals surface area (Å²) in [6, 6.07) is 0. The predicted molar refractivity (Wildman–Crippen MR) is 80.5 cm³/mol. The molecule has 4 rings (SSSR count). The highest BCUT2D eigenvalue weighted by Crippen LogP contribution is 2.38. The van der Waals surface area contributed by atoms with Crippen LogP contribution in [0.25, 0.3) is 0 Å². The summed E-state index contributed by atoms with van der Waals surface area (Å²) in [4.78, 5) is 0. The maximum atomic E-state index is 6.01. The lowest BCUT2D eigenvalue weighted by molar-refractivity contribution is -0.128. The van der Waals surface area contributed by atoms with Crippen LogP contribution >= 0.6 is 0 Å². The third kappa shape index (κ3) is 3.08. The second-order valence-corrected chi connectivity index (χ2v) is 9.51. The van der Waals surface area contributed by atoms with Crippen LogP contribution in [-0.4, -0.2) is 35.5 Å². The normalized spacial score (nSPS) is 42.9. The van der Waals surface area contributed by atoms with Crippen LogP contribution in [0.15, 0.2) is 0 Å². The van der Waals surface area contributed by atoms with Crippen LogP contribution in [0, 0.1) is 23.7 Å². The Morgan fingerprint density at radius 1 is 0.476 bits per heavy atom. The van der Waals surface area contributed by atoms with Crippen molar-refractivity contribution in [1.29, 1.82) is 0 Å². The minimum absolute atomic E-state index is 0.561. The predicted octanol–water partition coefficient (Wildman–Crippen LogP) is 3.13. The van der Waals surface area contributed by atoms with Gasteiger partial charge in [-0.3, -0.25) is 0 Å². The maximum Gasteiger partial charge on any atom is 0.679 e. The summed E-state index contributed by atoms with van der Waals surface area (Å²) in [5.41, 5.74) is 0. The van der Waals surface area contributed by atoms with Gasteiger partial charge in [-0.05, 0) is 11.8 Å². The van der Waals surface area contributed by atoms with E-state index in [1.807, 2.05) is 0 Å². The van der Waals surface area contributed by atoms with Crippen molar-refractivity contribution in [2.75, 3.05) is 26.4 Å². The SMILES string of the molecule is C1CCC(C2CO[Si]3(OC2)OCC(C2CCCC2)CO3)C1. The summed E-state index contributed by atoms with van der Waals surface area (Å²) in [7, 11) is -2.76. The van der Waals surface area contributed by atoms with E-state index in [2.05, 4.69) is 0 Å². The molecule has 21 heavy (non-hydrogen) atoms. The molecule has 4 aliphatic rings. The van der Waals surface area contributed by atoms with Crippen molar-refractivity contribution in [3.05, 3.63) is 0 Å². The number of hydrogen-bond acceptors (Lipinski definition) is 4. The van der Waals surface area contributed by atoms with Crippen molar-refractivity contribution in [2.24, 2.45) is 23.7 Å². The Labute approximate surface area is 129 Å². The molecule has 0 unspecified atom stereocenters. The number of rotatable bonds is 2. The van der Waals surface area contributed by atoms with Gasteiger partial charge in [0.2, 0.25) is 0 Å². The Morgan fingerprint density at radius 3 is 1.14 bits per heavy atom. The van der Waals surface area contributed by atoms with E-state index in [-0.39, 0.29) is 0 Å². The van der Waals surface area contributed by atoms with Crippen LogP contribution in [0.4, 0.5) is 0 Å². The fraction of sp³-hybridized carbons (Fsp3) is 1.00. The summed E-state index contributed by atoms with van der Waals surface area (Å²) >= 11 is 0. The van der Waals surface area contributed by atoms with Crippen LogP contribution in [0.3, 0.4) is 0 Å². The molecule has 4 fully saturated rings. The fourth-order valence-electron chi connectivity index (χ4n) is 4.58. The third-order valence-electron chi connectivity index (χ3n) is 6.03. The van der Waals surface area contributed by atoms with Crippen LogP contribution in [0.1, 0.15) is 51.4 Å². The minimum atomic E-state index is -2.76. The van der Waals surface area contributed by atoms with Crippen molar-refractivity contribution in [2.45, 2.75) is 51.4 Å². The van der Waals surface area contributed by atoms with E-state index in [1.165, 1.54) is 51.4 Å². The average Bonchev–Trinajstić information content (AvgIpc) is 3.23. The van der Waals surface area contributed by atoms with E-state index in [9.17, 15) is 0 Å². The van der Waals surface area contributed by atoms with Crippen LogP contribution in [0.2, 0.25) is 0 Å². The second-order valence-electron chi connectivity index (χ2n) is 7.35. The summed E-state index contributed by atoms with van der Waals surface area (Å²) in [5, 5.41) is 0. The molecule has 2 aliphatic heterocycles. The molecule has 2 saturated heterocycles. The molecule has 0 aromatic carbocycles. The van der Waals surface area contributed by atoms with Gasteiger partial charge in [-0.25, -0.2) is 0 Å². The molecule has 0 aromatic rings. The Balaban J connectivity index is 1.27. The molecule has 2 saturated carbocycles. The summed E-state index contributed by atoms with van der Waals surface area (Å²) in [5.74, 6) is 2.72. The second kappa shape index (κ2) is 6.28. The molecule has 2 aliphatic carbocycles. The Bertz CT molecular complexity index is 299. The van der Waals surface area contributed by atoms with Gasteiger partial charge < -0.3 is 17.7 Å². The monoisotopic (exact) mass is 312 g/mol. The Kier molecular flexibility index (Phi) is 4.38. The van der Waals surface area contributed by atoms with E-state index in [0.717, 1.165) is 38.3 Å². The molecular weight excluding hydrogens is 284 g/mol. The van der Waals surface area contributed by atoms with Crippen LogP contribution in [-0.2, 0) is 17.7 Å². The van der Waals surface area contributed by atoms with E-state index >= 15 is 0 Å². The van der Waals surface area contributed by atoms with E-state index in [1.54, 1.807) is 0 Å². The van der Waals surface area contributed by atoms with Crippen LogP contribution < -0.4 is 0 Å². The molecule has 2 heterocycles. The molecule has 0 N–H and O–H groups in total. The van der Waals surface area contributed by atoms with E-state index in [0.29, 0.717) is 11.8 Å². The van der Waals surface area contributed by atoms with Crippen molar-refractivity contribution >= 4 is 9.05 Å². The molecule has 0 amide bonds. The molecule has 0 aromatic heterocycles. The third-order valence-corrected chi connectivity index (χ3v) is 8.11. The lowest BCUT2D eigenvalue weighted by atomic mass is 9.92. The van der Waals surface area contributed by atoms with Crippen LogP contribution in [0.5, 0.6) is 0 Å². The lowest BCUT2D eigenvalue weighted by Crippen LogP contribution is -2.59. The summed E-state index contributed by atoms with van der Waals surface area (Å²) in [6.07, 6.45) is 10.9. The zero-order valence-electron chi connectivity index (χ0n) is 12.9. The topological polar surface area (TPSA) is 36.9 Å². The Hall–Kier alpha value is 0.0569. The Morgan fingerprint density at radius 2 is 0.810 bits per heavy atom. The largest absolute Gasteiger partial charge is 0.679 e. The molecule has 4 nitrogen and oxygen atoms in total. The van der Waals surface area contributed by atoms with Gasteiger partial charge in [-0.2, -0.15) is 0 Å². The molecule has 1 spiro atoms. The highest BCUT2D eigenvalue weighted by Gasteiger charge is 2.54. The molecule has 0 radical (unpaired) electrons. The van der Waals surface area contributed by atoms with Crippen molar-refractivity contribution in [1.82, 2.24) is 0 Å². The van der Waals surface area contributed by atoms with Gasteiger partial charge in [0, 0.05) is 38.3 Å². The van der Waals surface area contributed by atoms with Gasteiger partial charge in [-0.15, -0.1) is 0 Å². The smallest absolute Gasteiger partial charge is 0.351 e. The first kappa shape index (κ1) is 14.6. The molecule has 5 heteroatoms. The van der Waals surface area contributed by atoms with Gasteiger partial charge in [0.15, 0.2) is 0 Å². The highest BCUT2D eigenvalue weighted by atomic mass is 28.4. The van der Waals surface area contributed by atoms with Gasteiger partial charge in [-0.1, -0.05) is 51.4 Å². The van der Waals surface area contributed by atoms with Crippen molar-refractivity contribution in [3.8, 4) is 0 Å². The first-order valence-corrected chi connectivity index (χ1v) is 10.5. The van der Waals surface area contributed by atoms with Gasteiger partial charge in [0.25, 0.3) is 0 Å². The van der Waals surface area contributed by atoms with E-state index < -0.39 is 9.05 Å². The van der Waals surface area contributed by atoms with Gasteiger partial charge in [0.1, 0.15) is 0 Å². The number of hydrogen-bond donors (Lipinski definition) is 0. The maximum absolute atomic E-state index is 6.01. The standard InChI is InChI=1S/C16H28O4Si/c1-2-6-13(5-1)15-9-17-21(18-10-15)19-11-16(12-20-21)14-7-3-4-8-14/h13-16H,1-12H2. The lowest BCUT2D eigenvalue weighted by Gasteiger charge is -2.41. The average molecular weight is 312 g/mol. The minimum Gasteiger partial charge on any atom is -0.351 e. The summed E-state index contributed by atoms with van der Waals surface area (Å²) in [6.45, 7) is 3.13. The molecule has 0 atom stereocenters. The van der Waals surface area contributed by atoms with Gasteiger partial charge >= 0.3 is 9.05 Å². The molecule has 0 bridgehead atoms. The van der Waals surface area contributed by atoms with E-state index in [4.69, 9.17) is 17.7 Å². The van der Waals surface area contributed by atoms with Gasteiger partial charge in [0.05, 0.1) is 0 Å². The van der Waals surface area contributed by atoms with Crippen molar-refractivity contribution < 1.29 is 17.7 Å². The molecule has 120 valence electrons. The first-order chi connectivity index (χ1) is 10.3.